The maximum absolute atomic E-state index is 11.9. The standard InChI is InChI=1S/C10H18N4O2S/c1-8-12-7-10(14-8)17(15,16)13-6-9-4-2-3-5-11-9/h7,9,11,13H,2-6H2,1H3,(H,12,14). The molecule has 7 heteroatoms. The van der Waals surface area contributed by atoms with Crippen molar-refractivity contribution in [2.75, 3.05) is 13.1 Å². The number of imidazole rings is 1. The number of nitrogens with zero attached hydrogens (tertiary/aromatic N) is 1. The van der Waals surface area contributed by atoms with Crippen molar-refractivity contribution >= 4 is 10.0 Å². The van der Waals surface area contributed by atoms with Crippen LogP contribution in [0.2, 0.25) is 0 Å². The van der Waals surface area contributed by atoms with E-state index in [-0.39, 0.29) is 11.1 Å². The van der Waals surface area contributed by atoms with Crippen molar-refractivity contribution < 1.29 is 8.42 Å². The van der Waals surface area contributed by atoms with E-state index < -0.39 is 10.0 Å². The summed E-state index contributed by atoms with van der Waals surface area (Å²) in [4.78, 5) is 6.61. The van der Waals surface area contributed by atoms with Crippen LogP contribution in [0.25, 0.3) is 0 Å². The fraction of sp³-hybridized carbons (Fsp3) is 0.700. The first-order chi connectivity index (χ1) is 8.08. The second-order valence-electron chi connectivity index (χ2n) is 4.33. The molecule has 1 unspecified atom stereocenters. The molecule has 1 saturated heterocycles. The number of aromatic nitrogens is 2. The van der Waals surface area contributed by atoms with Gasteiger partial charge in [-0.1, -0.05) is 6.42 Å². The minimum atomic E-state index is -3.45. The number of aryl methyl sites for hydroxylation is 1. The lowest BCUT2D eigenvalue weighted by molar-refractivity contribution is 0.398. The van der Waals surface area contributed by atoms with E-state index in [9.17, 15) is 8.42 Å². The zero-order valence-corrected chi connectivity index (χ0v) is 10.7. The summed E-state index contributed by atoms with van der Waals surface area (Å²) in [5.74, 6) is 0.598. The number of H-pyrrole nitrogens is 1. The van der Waals surface area contributed by atoms with Gasteiger partial charge >= 0.3 is 0 Å². The summed E-state index contributed by atoms with van der Waals surface area (Å²) in [5.41, 5.74) is 0. The largest absolute Gasteiger partial charge is 0.332 e. The van der Waals surface area contributed by atoms with Crippen molar-refractivity contribution in [2.24, 2.45) is 0 Å². The summed E-state index contributed by atoms with van der Waals surface area (Å²) >= 11 is 0. The smallest absolute Gasteiger partial charge is 0.257 e. The van der Waals surface area contributed by atoms with Gasteiger partial charge in [-0.05, 0) is 26.3 Å². The molecule has 0 amide bonds. The van der Waals surface area contributed by atoms with E-state index in [0.29, 0.717) is 12.4 Å². The van der Waals surface area contributed by atoms with Crippen molar-refractivity contribution in [2.45, 2.75) is 37.3 Å². The molecule has 1 aliphatic rings. The molecule has 1 aliphatic heterocycles. The molecule has 3 N–H and O–H groups in total. The van der Waals surface area contributed by atoms with Crippen LogP contribution in [0.3, 0.4) is 0 Å². The highest BCUT2D eigenvalue weighted by atomic mass is 32.2. The molecule has 1 aromatic rings. The Labute approximate surface area is 101 Å². The average molecular weight is 258 g/mol. The van der Waals surface area contributed by atoms with Gasteiger partial charge in [0.15, 0.2) is 5.03 Å². The van der Waals surface area contributed by atoms with Gasteiger partial charge in [-0.25, -0.2) is 18.1 Å². The Morgan fingerprint density at radius 1 is 1.53 bits per heavy atom. The van der Waals surface area contributed by atoms with Crippen molar-refractivity contribution in [3.63, 3.8) is 0 Å². The first-order valence-electron chi connectivity index (χ1n) is 5.82. The molecular formula is C10H18N4O2S. The van der Waals surface area contributed by atoms with Gasteiger partial charge < -0.3 is 10.3 Å². The van der Waals surface area contributed by atoms with Gasteiger partial charge in [0.1, 0.15) is 5.82 Å². The van der Waals surface area contributed by atoms with E-state index in [1.165, 1.54) is 12.6 Å². The van der Waals surface area contributed by atoms with Gasteiger partial charge in [-0.2, -0.15) is 0 Å². The molecule has 6 nitrogen and oxygen atoms in total. The van der Waals surface area contributed by atoms with Crippen LogP contribution < -0.4 is 10.0 Å². The van der Waals surface area contributed by atoms with E-state index in [4.69, 9.17) is 0 Å². The topological polar surface area (TPSA) is 86.9 Å². The van der Waals surface area contributed by atoms with Crippen molar-refractivity contribution in [1.29, 1.82) is 0 Å². The molecule has 1 fully saturated rings. The van der Waals surface area contributed by atoms with E-state index in [1.54, 1.807) is 6.92 Å². The summed E-state index contributed by atoms with van der Waals surface area (Å²) in [7, 11) is -3.45. The molecule has 0 spiro atoms. The Balaban J connectivity index is 1.93. The summed E-state index contributed by atoms with van der Waals surface area (Å²) in [6.07, 6.45) is 4.68. The third-order valence-electron chi connectivity index (χ3n) is 2.90. The van der Waals surface area contributed by atoms with Crippen LogP contribution in [0.15, 0.2) is 11.2 Å². The summed E-state index contributed by atoms with van der Waals surface area (Å²) in [5, 5.41) is 3.43. The van der Waals surface area contributed by atoms with E-state index in [0.717, 1.165) is 19.4 Å². The second kappa shape index (κ2) is 5.16. The minimum absolute atomic E-state index is 0.130. The number of piperidine rings is 1. The molecule has 0 aromatic carbocycles. The predicted molar refractivity (Wildman–Crippen MR) is 64.2 cm³/mol. The molecule has 17 heavy (non-hydrogen) atoms. The van der Waals surface area contributed by atoms with Gasteiger partial charge in [0.2, 0.25) is 0 Å². The van der Waals surface area contributed by atoms with Gasteiger partial charge in [0.05, 0.1) is 6.20 Å². The number of hydrogen-bond donors (Lipinski definition) is 3. The molecule has 0 bridgehead atoms. The average Bonchev–Trinajstić information content (AvgIpc) is 2.76. The lowest BCUT2D eigenvalue weighted by Crippen LogP contribution is -2.43. The molecule has 1 atom stereocenters. The minimum Gasteiger partial charge on any atom is -0.332 e. The third kappa shape index (κ3) is 3.27. The maximum atomic E-state index is 11.9. The summed E-state index contributed by atoms with van der Waals surface area (Å²) in [6, 6.07) is 0.238. The Morgan fingerprint density at radius 3 is 2.94 bits per heavy atom. The molecule has 1 aromatic heterocycles. The van der Waals surface area contributed by atoms with Crippen molar-refractivity contribution in [1.82, 2.24) is 20.0 Å². The molecule has 0 aliphatic carbocycles. The molecule has 96 valence electrons. The first-order valence-corrected chi connectivity index (χ1v) is 7.31. The molecule has 0 radical (unpaired) electrons. The van der Waals surface area contributed by atoms with Crippen LogP contribution in [-0.4, -0.2) is 37.5 Å². The van der Waals surface area contributed by atoms with Crippen LogP contribution >= 0.6 is 0 Å². The molecule has 0 saturated carbocycles. The van der Waals surface area contributed by atoms with Crippen LogP contribution in [0.5, 0.6) is 0 Å². The highest BCUT2D eigenvalue weighted by Gasteiger charge is 2.19. The highest BCUT2D eigenvalue weighted by molar-refractivity contribution is 7.89. The third-order valence-corrected chi connectivity index (χ3v) is 4.23. The first kappa shape index (κ1) is 12.5. The van der Waals surface area contributed by atoms with Crippen LogP contribution in [0, 0.1) is 6.92 Å². The van der Waals surface area contributed by atoms with Gasteiger partial charge in [-0.15, -0.1) is 0 Å². The molecule has 2 rings (SSSR count). The van der Waals surface area contributed by atoms with Crippen LogP contribution in [-0.2, 0) is 10.0 Å². The number of aromatic amines is 1. The van der Waals surface area contributed by atoms with Gasteiger partial charge in [0, 0.05) is 12.6 Å². The predicted octanol–water partition coefficient (Wildman–Crippen LogP) is 0.139. The Morgan fingerprint density at radius 2 is 2.35 bits per heavy atom. The SMILES string of the molecule is Cc1ncc(S(=O)(=O)NCC2CCCCN2)[nH]1. The lowest BCUT2D eigenvalue weighted by atomic mass is 10.1. The fourth-order valence-electron chi connectivity index (χ4n) is 1.92. The second-order valence-corrected chi connectivity index (χ2v) is 6.07. The quantitative estimate of drug-likeness (QED) is 0.717. The summed E-state index contributed by atoms with van der Waals surface area (Å²) < 4.78 is 26.4. The lowest BCUT2D eigenvalue weighted by Gasteiger charge is -2.23. The Hall–Kier alpha value is -0.920. The molecular weight excluding hydrogens is 240 g/mol. The van der Waals surface area contributed by atoms with E-state index in [1.807, 2.05) is 0 Å². The fourth-order valence-corrected chi connectivity index (χ4v) is 2.97. The maximum Gasteiger partial charge on any atom is 0.257 e. The number of hydrogen-bond acceptors (Lipinski definition) is 4. The zero-order chi connectivity index (χ0) is 12.3. The number of sulfonamides is 1. The zero-order valence-electron chi connectivity index (χ0n) is 9.86. The van der Waals surface area contributed by atoms with Gasteiger partial charge in [0.25, 0.3) is 10.0 Å². The van der Waals surface area contributed by atoms with Crippen molar-refractivity contribution in [3.05, 3.63) is 12.0 Å². The van der Waals surface area contributed by atoms with E-state index in [2.05, 4.69) is 20.0 Å². The Bertz CT molecular complexity index is 462. The number of rotatable bonds is 4. The monoisotopic (exact) mass is 258 g/mol. The van der Waals surface area contributed by atoms with Crippen LogP contribution in [0.1, 0.15) is 25.1 Å². The highest BCUT2D eigenvalue weighted by Crippen LogP contribution is 2.08. The van der Waals surface area contributed by atoms with Crippen molar-refractivity contribution in [3.8, 4) is 0 Å². The molecule has 2 heterocycles. The van der Waals surface area contributed by atoms with Gasteiger partial charge in [-0.3, -0.25) is 0 Å². The van der Waals surface area contributed by atoms with E-state index >= 15 is 0 Å². The number of nitrogens with one attached hydrogen (secondary N) is 3. The summed E-state index contributed by atoms with van der Waals surface area (Å²) in [6.45, 7) is 3.12. The van der Waals surface area contributed by atoms with Crippen LogP contribution in [0.4, 0.5) is 0 Å². The normalized spacial score (nSPS) is 21.6. The Kier molecular flexibility index (Phi) is 3.80.